The molecule has 4 nitrogen and oxygen atoms in total. The van der Waals surface area contributed by atoms with E-state index in [-0.39, 0.29) is 0 Å². The Kier molecular flexibility index (Phi) is 7.88. The second kappa shape index (κ2) is 9.48. The first-order valence-corrected chi connectivity index (χ1v) is 7.32. The van der Waals surface area contributed by atoms with Crippen LogP contribution < -0.4 is 10.1 Å². The average Bonchev–Trinajstić information content (AvgIpc) is 2.43. The second-order valence-corrected chi connectivity index (χ2v) is 4.93. The number of halogens is 1. The van der Waals surface area contributed by atoms with E-state index in [4.69, 9.17) is 21.1 Å². The summed E-state index contributed by atoms with van der Waals surface area (Å²) in [5, 5.41) is 3.08. The quantitative estimate of drug-likeness (QED) is 0.697. The van der Waals surface area contributed by atoms with Crippen molar-refractivity contribution in [1.29, 1.82) is 0 Å². The maximum Gasteiger partial charge on any atom is 0.411 e. The highest BCUT2D eigenvalue weighted by atomic mass is 35.5. The lowest BCUT2D eigenvalue weighted by Crippen LogP contribution is -2.14. The molecule has 1 amide bonds. The lowest BCUT2D eigenvalue weighted by molar-refractivity contribution is 0.159. The van der Waals surface area contributed by atoms with Gasteiger partial charge < -0.3 is 9.47 Å². The van der Waals surface area contributed by atoms with Gasteiger partial charge in [-0.05, 0) is 24.6 Å². The van der Waals surface area contributed by atoms with Crippen LogP contribution in [0.15, 0.2) is 18.2 Å². The molecular formula is C15H22ClNO3. The Labute approximate surface area is 125 Å². The summed E-state index contributed by atoms with van der Waals surface area (Å²) in [7, 11) is 1.54. The van der Waals surface area contributed by atoms with Gasteiger partial charge in [-0.3, -0.25) is 5.32 Å². The van der Waals surface area contributed by atoms with Gasteiger partial charge in [0.15, 0.2) is 0 Å². The van der Waals surface area contributed by atoms with Gasteiger partial charge in [0.25, 0.3) is 0 Å². The van der Waals surface area contributed by atoms with Crippen LogP contribution in [-0.2, 0) is 4.74 Å². The molecule has 0 bridgehead atoms. The summed E-state index contributed by atoms with van der Waals surface area (Å²) in [4.78, 5) is 11.6. The molecule has 1 rings (SSSR count). The van der Waals surface area contributed by atoms with Crippen LogP contribution in [0.5, 0.6) is 5.75 Å². The van der Waals surface area contributed by atoms with Crippen molar-refractivity contribution < 1.29 is 14.3 Å². The number of rotatable bonds is 8. The smallest absolute Gasteiger partial charge is 0.411 e. The van der Waals surface area contributed by atoms with Crippen LogP contribution in [0.1, 0.15) is 39.0 Å². The van der Waals surface area contributed by atoms with Gasteiger partial charge in [0, 0.05) is 5.69 Å². The van der Waals surface area contributed by atoms with Crippen molar-refractivity contribution in [1.82, 2.24) is 0 Å². The Bertz CT molecular complexity index is 424. The van der Waals surface area contributed by atoms with Gasteiger partial charge in [0.1, 0.15) is 5.75 Å². The van der Waals surface area contributed by atoms with Crippen molar-refractivity contribution in [3.63, 3.8) is 0 Å². The van der Waals surface area contributed by atoms with Crippen LogP contribution in [0.3, 0.4) is 0 Å². The molecule has 1 aromatic carbocycles. The van der Waals surface area contributed by atoms with E-state index in [1.165, 1.54) is 19.3 Å². The molecule has 5 heteroatoms. The van der Waals surface area contributed by atoms with E-state index in [2.05, 4.69) is 12.2 Å². The fourth-order valence-electron chi connectivity index (χ4n) is 1.77. The van der Waals surface area contributed by atoms with Crippen molar-refractivity contribution in [2.45, 2.75) is 39.0 Å². The molecule has 1 aromatic rings. The third-order valence-corrected chi connectivity index (χ3v) is 3.17. The lowest BCUT2D eigenvalue weighted by Gasteiger charge is -2.08. The van der Waals surface area contributed by atoms with E-state index in [0.29, 0.717) is 23.1 Å². The van der Waals surface area contributed by atoms with E-state index >= 15 is 0 Å². The Morgan fingerprint density at radius 3 is 2.65 bits per heavy atom. The SMILES string of the molecule is CCCCCCCOC(=O)Nc1ccc(OC)c(Cl)c1. The van der Waals surface area contributed by atoms with Gasteiger partial charge in [-0.2, -0.15) is 0 Å². The minimum atomic E-state index is -0.457. The third-order valence-electron chi connectivity index (χ3n) is 2.88. The Morgan fingerprint density at radius 1 is 1.25 bits per heavy atom. The summed E-state index contributed by atoms with van der Waals surface area (Å²) in [5.41, 5.74) is 0.590. The molecule has 0 fully saturated rings. The molecule has 0 unspecified atom stereocenters. The third kappa shape index (κ3) is 6.15. The summed E-state index contributed by atoms with van der Waals surface area (Å²) in [5.74, 6) is 0.571. The fourth-order valence-corrected chi connectivity index (χ4v) is 2.03. The molecule has 0 heterocycles. The van der Waals surface area contributed by atoms with Crippen LogP contribution in [0.2, 0.25) is 5.02 Å². The molecule has 0 aliphatic carbocycles. The number of methoxy groups -OCH3 is 1. The van der Waals surface area contributed by atoms with Gasteiger partial charge in [-0.15, -0.1) is 0 Å². The number of carbonyl (C=O) groups is 1. The van der Waals surface area contributed by atoms with Crippen molar-refractivity contribution in [3.05, 3.63) is 23.2 Å². The first-order valence-electron chi connectivity index (χ1n) is 6.94. The molecule has 1 N–H and O–H groups in total. The Morgan fingerprint density at radius 2 is 2.00 bits per heavy atom. The molecule has 20 heavy (non-hydrogen) atoms. The number of unbranched alkanes of at least 4 members (excludes halogenated alkanes) is 4. The monoisotopic (exact) mass is 299 g/mol. The molecule has 0 spiro atoms. The number of carbonyl (C=O) groups excluding carboxylic acids is 1. The molecule has 112 valence electrons. The minimum Gasteiger partial charge on any atom is -0.495 e. The highest BCUT2D eigenvalue weighted by Gasteiger charge is 2.06. The van der Waals surface area contributed by atoms with Crippen molar-refractivity contribution >= 4 is 23.4 Å². The fraction of sp³-hybridized carbons (Fsp3) is 0.533. The number of hydrogen-bond donors (Lipinski definition) is 1. The summed E-state index contributed by atoms with van der Waals surface area (Å²) >= 11 is 5.97. The van der Waals surface area contributed by atoms with Crippen LogP contribution in [0.25, 0.3) is 0 Å². The number of benzene rings is 1. The van der Waals surface area contributed by atoms with Gasteiger partial charge >= 0.3 is 6.09 Å². The van der Waals surface area contributed by atoms with Gasteiger partial charge in [-0.25, -0.2) is 4.79 Å². The lowest BCUT2D eigenvalue weighted by atomic mass is 10.2. The first-order chi connectivity index (χ1) is 9.67. The van der Waals surface area contributed by atoms with E-state index in [1.54, 1.807) is 25.3 Å². The van der Waals surface area contributed by atoms with E-state index in [9.17, 15) is 4.79 Å². The van der Waals surface area contributed by atoms with Crippen LogP contribution in [-0.4, -0.2) is 19.8 Å². The molecule has 0 aromatic heterocycles. The number of nitrogens with one attached hydrogen (secondary N) is 1. The number of ether oxygens (including phenoxy) is 2. The van der Waals surface area contributed by atoms with Crippen molar-refractivity contribution in [3.8, 4) is 5.75 Å². The Hall–Kier alpha value is -1.42. The van der Waals surface area contributed by atoms with Crippen LogP contribution in [0, 0.1) is 0 Å². The molecule has 0 aliphatic rings. The van der Waals surface area contributed by atoms with Gasteiger partial charge in [-0.1, -0.05) is 44.2 Å². The van der Waals surface area contributed by atoms with Gasteiger partial charge in [0.05, 0.1) is 18.7 Å². The molecular weight excluding hydrogens is 278 g/mol. The maximum absolute atomic E-state index is 11.6. The van der Waals surface area contributed by atoms with Crippen LogP contribution in [0.4, 0.5) is 10.5 Å². The van der Waals surface area contributed by atoms with E-state index in [0.717, 1.165) is 12.8 Å². The van der Waals surface area contributed by atoms with E-state index < -0.39 is 6.09 Å². The second-order valence-electron chi connectivity index (χ2n) is 4.52. The summed E-state index contributed by atoms with van der Waals surface area (Å²) < 4.78 is 10.1. The number of anilines is 1. The maximum atomic E-state index is 11.6. The van der Waals surface area contributed by atoms with Crippen LogP contribution >= 0.6 is 11.6 Å². The first kappa shape index (κ1) is 16.6. The normalized spacial score (nSPS) is 10.2. The van der Waals surface area contributed by atoms with E-state index in [1.807, 2.05) is 0 Å². The zero-order chi connectivity index (χ0) is 14.8. The topological polar surface area (TPSA) is 47.6 Å². The number of hydrogen-bond acceptors (Lipinski definition) is 3. The molecule has 0 saturated heterocycles. The predicted molar refractivity (Wildman–Crippen MR) is 81.7 cm³/mol. The number of amides is 1. The molecule has 0 saturated carbocycles. The van der Waals surface area contributed by atoms with Crippen molar-refractivity contribution in [2.75, 3.05) is 19.0 Å². The largest absolute Gasteiger partial charge is 0.495 e. The summed E-state index contributed by atoms with van der Waals surface area (Å²) in [6.45, 7) is 2.61. The molecule has 0 atom stereocenters. The minimum absolute atomic E-state index is 0.444. The highest BCUT2D eigenvalue weighted by molar-refractivity contribution is 6.32. The average molecular weight is 300 g/mol. The highest BCUT2D eigenvalue weighted by Crippen LogP contribution is 2.27. The molecule has 0 radical (unpaired) electrons. The van der Waals surface area contributed by atoms with Crippen molar-refractivity contribution in [2.24, 2.45) is 0 Å². The Balaban J connectivity index is 2.26. The zero-order valence-electron chi connectivity index (χ0n) is 12.1. The predicted octanol–water partition coefficient (Wildman–Crippen LogP) is 4.87. The van der Waals surface area contributed by atoms with Gasteiger partial charge in [0.2, 0.25) is 0 Å². The molecule has 0 aliphatic heterocycles. The summed E-state index contributed by atoms with van der Waals surface area (Å²) in [6, 6.07) is 5.04. The standard InChI is InChI=1S/C15H22ClNO3/c1-3-4-5-6-7-10-20-15(18)17-12-8-9-14(19-2)13(16)11-12/h8-9,11H,3-7,10H2,1-2H3,(H,17,18). The summed E-state index contributed by atoms with van der Waals surface area (Å²) in [6.07, 6.45) is 5.17. The zero-order valence-corrected chi connectivity index (χ0v) is 12.8.